The van der Waals surface area contributed by atoms with E-state index in [0.29, 0.717) is 12.3 Å². The molecule has 0 aliphatic heterocycles. The molecule has 0 saturated heterocycles. The van der Waals surface area contributed by atoms with Crippen LogP contribution < -0.4 is 15.4 Å². The minimum atomic E-state index is 0.0590. The molecule has 2 aromatic carbocycles. The van der Waals surface area contributed by atoms with Gasteiger partial charge >= 0.3 is 0 Å². The van der Waals surface area contributed by atoms with E-state index in [4.69, 9.17) is 4.74 Å². The van der Waals surface area contributed by atoms with Gasteiger partial charge in [-0.05, 0) is 54.3 Å². The summed E-state index contributed by atoms with van der Waals surface area (Å²) >= 11 is 0. The first-order chi connectivity index (χ1) is 11.6. The Hall–Kier alpha value is -2.49. The third-order valence-corrected chi connectivity index (χ3v) is 3.64. The van der Waals surface area contributed by atoms with E-state index in [1.54, 1.807) is 7.11 Å². The van der Waals surface area contributed by atoms with Crippen molar-refractivity contribution in [1.82, 2.24) is 0 Å². The van der Waals surface area contributed by atoms with Crippen LogP contribution in [-0.2, 0) is 11.2 Å². The number of benzene rings is 2. The number of methoxy groups -OCH3 is 1. The average molecular weight is 326 g/mol. The summed E-state index contributed by atoms with van der Waals surface area (Å²) in [6, 6.07) is 15.9. The van der Waals surface area contributed by atoms with Gasteiger partial charge in [-0.2, -0.15) is 0 Å². The molecule has 1 amide bonds. The van der Waals surface area contributed by atoms with Crippen molar-refractivity contribution in [2.24, 2.45) is 5.92 Å². The van der Waals surface area contributed by atoms with Crippen LogP contribution in [-0.4, -0.2) is 19.6 Å². The van der Waals surface area contributed by atoms with Crippen LogP contribution in [0.4, 0.5) is 11.4 Å². The number of hydrogen-bond acceptors (Lipinski definition) is 3. The van der Waals surface area contributed by atoms with Gasteiger partial charge < -0.3 is 15.4 Å². The van der Waals surface area contributed by atoms with Gasteiger partial charge in [-0.25, -0.2) is 0 Å². The van der Waals surface area contributed by atoms with Gasteiger partial charge in [0.25, 0.3) is 0 Å². The molecular weight excluding hydrogens is 300 g/mol. The van der Waals surface area contributed by atoms with Gasteiger partial charge in [0, 0.05) is 24.3 Å². The van der Waals surface area contributed by atoms with Crippen molar-refractivity contribution in [2.75, 3.05) is 24.3 Å². The van der Waals surface area contributed by atoms with Gasteiger partial charge in [0.2, 0.25) is 5.91 Å². The Morgan fingerprint density at radius 3 is 2.46 bits per heavy atom. The number of carbonyl (C=O) groups excluding carboxylic acids is 1. The van der Waals surface area contributed by atoms with Crippen molar-refractivity contribution in [3.8, 4) is 5.75 Å². The SMILES string of the molecule is COc1cccc(CCNc2ccc(NC(=O)CC(C)C)cc2)c1. The molecule has 4 nitrogen and oxygen atoms in total. The van der Waals surface area contributed by atoms with Gasteiger partial charge in [0.1, 0.15) is 5.75 Å². The summed E-state index contributed by atoms with van der Waals surface area (Å²) in [6.07, 6.45) is 1.46. The second kappa shape index (κ2) is 8.96. The highest BCUT2D eigenvalue weighted by molar-refractivity contribution is 5.90. The molecule has 0 spiro atoms. The second-order valence-electron chi connectivity index (χ2n) is 6.25. The average Bonchev–Trinajstić information content (AvgIpc) is 2.56. The van der Waals surface area contributed by atoms with E-state index in [1.807, 2.05) is 50.2 Å². The molecule has 0 atom stereocenters. The summed E-state index contributed by atoms with van der Waals surface area (Å²) in [5, 5.41) is 6.30. The number of hydrogen-bond donors (Lipinski definition) is 2. The molecule has 24 heavy (non-hydrogen) atoms. The molecule has 2 N–H and O–H groups in total. The molecule has 0 bridgehead atoms. The van der Waals surface area contributed by atoms with E-state index in [0.717, 1.165) is 30.1 Å². The summed E-state index contributed by atoms with van der Waals surface area (Å²) in [7, 11) is 1.68. The molecule has 0 radical (unpaired) electrons. The monoisotopic (exact) mass is 326 g/mol. The Morgan fingerprint density at radius 1 is 1.08 bits per heavy atom. The molecule has 0 aliphatic carbocycles. The minimum Gasteiger partial charge on any atom is -0.497 e. The predicted molar refractivity (Wildman–Crippen MR) is 99.7 cm³/mol. The Kier molecular flexibility index (Phi) is 6.67. The lowest BCUT2D eigenvalue weighted by Crippen LogP contribution is -2.13. The normalized spacial score (nSPS) is 10.5. The first-order valence-corrected chi connectivity index (χ1v) is 8.33. The molecule has 2 aromatic rings. The third kappa shape index (κ3) is 5.95. The molecule has 2 rings (SSSR count). The number of carbonyl (C=O) groups is 1. The van der Waals surface area contributed by atoms with Gasteiger partial charge in [0.15, 0.2) is 0 Å². The Bertz CT molecular complexity index is 651. The molecule has 0 aromatic heterocycles. The van der Waals surface area contributed by atoms with Crippen LogP contribution in [0.3, 0.4) is 0 Å². The van der Waals surface area contributed by atoms with E-state index in [1.165, 1.54) is 5.56 Å². The maximum atomic E-state index is 11.8. The third-order valence-electron chi connectivity index (χ3n) is 3.64. The first-order valence-electron chi connectivity index (χ1n) is 8.33. The Morgan fingerprint density at radius 2 is 1.79 bits per heavy atom. The standard InChI is InChI=1S/C20H26N2O2/c1-15(2)13-20(23)22-18-9-7-17(8-10-18)21-12-11-16-5-4-6-19(14-16)24-3/h4-10,14-15,21H,11-13H2,1-3H3,(H,22,23). The minimum absolute atomic E-state index is 0.0590. The molecule has 0 aliphatic rings. The number of anilines is 2. The van der Waals surface area contributed by atoms with E-state index < -0.39 is 0 Å². The summed E-state index contributed by atoms with van der Waals surface area (Å²) < 4.78 is 5.23. The van der Waals surface area contributed by atoms with Gasteiger partial charge in [0.05, 0.1) is 7.11 Å². The highest BCUT2D eigenvalue weighted by Crippen LogP contribution is 2.16. The van der Waals surface area contributed by atoms with Crippen molar-refractivity contribution in [1.29, 1.82) is 0 Å². The first kappa shape index (κ1) is 17.9. The van der Waals surface area contributed by atoms with Crippen molar-refractivity contribution < 1.29 is 9.53 Å². The summed E-state index contributed by atoms with van der Waals surface area (Å²) in [6.45, 7) is 4.91. The molecule has 4 heteroatoms. The summed E-state index contributed by atoms with van der Waals surface area (Å²) in [4.78, 5) is 11.8. The highest BCUT2D eigenvalue weighted by atomic mass is 16.5. The number of ether oxygens (including phenoxy) is 1. The fourth-order valence-electron chi connectivity index (χ4n) is 2.43. The van der Waals surface area contributed by atoms with Crippen molar-refractivity contribution in [2.45, 2.75) is 26.7 Å². The second-order valence-corrected chi connectivity index (χ2v) is 6.25. The molecule has 0 unspecified atom stereocenters. The smallest absolute Gasteiger partial charge is 0.224 e. The number of rotatable bonds is 8. The summed E-state index contributed by atoms with van der Waals surface area (Å²) in [5.41, 5.74) is 3.11. The van der Waals surface area contributed by atoms with Crippen LogP contribution in [0.25, 0.3) is 0 Å². The predicted octanol–water partition coefficient (Wildman–Crippen LogP) is 4.33. The van der Waals surface area contributed by atoms with Crippen LogP contribution in [0.2, 0.25) is 0 Å². The van der Waals surface area contributed by atoms with E-state index in [9.17, 15) is 4.79 Å². The van der Waals surface area contributed by atoms with Crippen LogP contribution in [0.5, 0.6) is 5.75 Å². The maximum absolute atomic E-state index is 11.8. The molecule has 128 valence electrons. The van der Waals surface area contributed by atoms with Crippen molar-refractivity contribution >= 4 is 17.3 Å². The van der Waals surface area contributed by atoms with Crippen molar-refractivity contribution in [3.05, 3.63) is 54.1 Å². The molecule has 0 saturated carbocycles. The zero-order chi connectivity index (χ0) is 17.4. The molecular formula is C20H26N2O2. The van der Waals surface area contributed by atoms with Crippen LogP contribution in [0, 0.1) is 5.92 Å². The van der Waals surface area contributed by atoms with Crippen LogP contribution >= 0.6 is 0 Å². The number of nitrogens with one attached hydrogen (secondary N) is 2. The maximum Gasteiger partial charge on any atom is 0.224 e. The van der Waals surface area contributed by atoms with E-state index in [2.05, 4.69) is 22.8 Å². The van der Waals surface area contributed by atoms with Gasteiger partial charge in [-0.15, -0.1) is 0 Å². The molecule has 0 fully saturated rings. The van der Waals surface area contributed by atoms with E-state index in [-0.39, 0.29) is 5.91 Å². The lowest BCUT2D eigenvalue weighted by atomic mass is 10.1. The highest BCUT2D eigenvalue weighted by Gasteiger charge is 2.05. The lowest BCUT2D eigenvalue weighted by Gasteiger charge is -2.10. The fraction of sp³-hybridized carbons (Fsp3) is 0.350. The van der Waals surface area contributed by atoms with Gasteiger partial charge in [-0.1, -0.05) is 26.0 Å². The topological polar surface area (TPSA) is 50.4 Å². The van der Waals surface area contributed by atoms with Crippen LogP contribution in [0.1, 0.15) is 25.8 Å². The Balaban J connectivity index is 1.80. The van der Waals surface area contributed by atoms with E-state index >= 15 is 0 Å². The lowest BCUT2D eigenvalue weighted by molar-refractivity contribution is -0.116. The van der Waals surface area contributed by atoms with Crippen molar-refractivity contribution in [3.63, 3.8) is 0 Å². The fourth-order valence-corrected chi connectivity index (χ4v) is 2.43. The molecule has 0 heterocycles. The Labute approximate surface area is 144 Å². The quantitative estimate of drug-likeness (QED) is 0.759. The van der Waals surface area contributed by atoms with Crippen LogP contribution in [0.15, 0.2) is 48.5 Å². The zero-order valence-corrected chi connectivity index (χ0v) is 14.6. The summed E-state index contributed by atoms with van der Waals surface area (Å²) in [5.74, 6) is 1.31. The largest absolute Gasteiger partial charge is 0.497 e. The number of amides is 1. The van der Waals surface area contributed by atoms with Gasteiger partial charge in [-0.3, -0.25) is 4.79 Å². The zero-order valence-electron chi connectivity index (χ0n) is 14.6.